The molecule has 0 spiro atoms. The number of aryl methyl sites for hydroxylation is 2. The molecular weight excluding hydrogens is 306 g/mol. The van der Waals surface area contributed by atoms with Gasteiger partial charge in [0.1, 0.15) is 15.4 Å². The predicted octanol–water partition coefficient (Wildman–Crippen LogP) is 4.07. The number of rotatable bonds is 2. The number of H-pyrrole nitrogens is 1. The molecule has 0 bridgehead atoms. The van der Waals surface area contributed by atoms with Gasteiger partial charge in [0.2, 0.25) is 0 Å². The molecule has 3 aromatic heterocycles. The van der Waals surface area contributed by atoms with Crippen molar-refractivity contribution in [3.05, 3.63) is 58.1 Å². The number of nitrogens with zero attached hydrogens (tertiary/aromatic N) is 2. The Hall–Kier alpha value is -2.53. The van der Waals surface area contributed by atoms with Crippen LogP contribution in [0.15, 0.2) is 41.2 Å². The Kier molecular flexibility index (Phi) is 3.23. The Morgan fingerprint density at radius 3 is 2.70 bits per heavy atom. The quantitative estimate of drug-likeness (QED) is 0.605. The van der Waals surface area contributed by atoms with Crippen molar-refractivity contribution in [1.82, 2.24) is 15.0 Å². The van der Waals surface area contributed by atoms with E-state index in [9.17, 15) is 4.79 Å². The first-order valence-electron chi connectivity index (χ1n) is 7.56. The van der Waals surface area contributed by atoms with Gasteiger partial charge < -0.3 is 4.98 Å². The predicted molar refractivity (Wildman–Crippen MR) is 95.1 cm³/mol. The third-order valence-corrected chi connectivity index (χ3v) is 5.02. The number of pyridine rings is 1. The number of hydrogen-bond acceptors (Lipinski definition) is 4. The van der Waals surface area contributed by atoms with Crippen molar-refractivity contribution in [2.75, 3.05) is 0 Å². The number of hydrogen-bond donors (Lipinski definition) is 1. The van der Waals surface area contributed by atoms with Crippen LogP contribution in [0, 0.1) is 6.92 Å². The molecule has 0 saturated carbocycles. The van der Waals surface area contributed by atoms with Crippen LogP contribution in [-0.4, -0.2) is 15.0 Å². The second-order valence-electron chi connectivity index (χ2n) is 5.52. The Morgan fingerprint density at radius 1 is 1.17 bits per heavy atom. The lowest BCUT2D eigenvalue weighted by molar-refractivity contribution is 0.947. The molecule has 0 aliphatic heterocycles. The average molecular weight is 321 g/mol. The SMILES string of the molecule is CCc1nc2c(sc3nc(-c4ccccc4)cc(C)c32)c(=O)[nH]1. The van der Waals surface area contributed by atoms with Crippen molar-refractivity contribution in [1.29, 1.82) is 0 Å². The second-order valence-corrected chi connectivity index (χ2v) is 6.52. The highest BCUT2D eigenvalue weighted by Gasteiger charge is 2.15. The van der Waals surface area contributed by atoms with E-state index in [1.54, 1.807) is 0 Å². The number of thiophene rings is 1. The largest absolute Gasteiger partial charge is 0.309 e. The molecule has 5 heteroatoms. The zero-order valence-electron chi connectivity index (χ0n) is 12.9. The molecule has 114 valence electrons. The molecule has 0 amide bonds. The number of aromatic nitrogens is 3. The molecule has 4 aromatic rings. The molecule has 0 aliphatic rings. The van der Waals surface area contributed by atoms with Gasteiger partial charge in [-0.25, -0.2) is 9.97 Å². The second kappa shape index (κ2) is 5.28. The van der Waals surface area contributed by atoms with Gasteiger partial charge in [-0.3, -0.25) is 4.79 Å². The van der Waals surface area contributed by atoms with Gasteiger partial charge in [-0.1, -0.05) is 37.3 Å². The van der Waals surface area contributed by atoms with Crippen molar-refractivity contribution in [2.45, 2.75) is 20.3 Å². The van der Waals surface area contributed by atoms with Crippen LogP contribution in [-0.2, 0) is 6.42 Å². The lowest BCUT2D eigenvalue weighted by atomic mass is 10.1. The maximum Gasteiger partial charge on any atom is 0.268 e. The van der Waals surface area contributed by atoms with Crippen LogP contribution in [0.1, 0.15) is 18.3 Å². The lowest BCUT2D eigenvalue weighted by Gasteiger charge is -2.04. The van der Waals surface area contributed by atoms with Crippen LogP contribution in [0.2, 0.25) is 0 Å². The maximum absolute atomic E-state index is 12.3. The highest BCUT2D eigenvalue weighted by molar-refractivity contribution is 7.25. The molecule has 0 saturated heterocycles. The molecule has 0 unspecified atom stereocenters. The summed E-state index contributed by atoms with van der Waals surface area (Å²) in [5.41, 5.74) is 3.80. The Morgan fingerprint density at radius 2 is 1.96 bits per heavy atom. The van der Waals surface area contributed by atoms with Crippen LogP contribution in [0.25, 0.3) is 31.7 Å². The van der Waals surface area contributed by atoms with E-state index in [0.717, 1.165) is 32.6 Å². The van der Waals surface area contributed by atoms with Gasteiger partial charge in [0.05, 0.1) is 11.2 Å². The summed E-state index contributed by atoms with van der Waals surface area (Å²) in [4.78, 5) is 25.4. The van der Waals surface area contributed by atoms with Gasteiger partial charge in [0, 0.05) is 17.4 Å². The van der Waals surface area contributed by atoms with Crippen LogP contribution >= 0.6 is 11.3 Å². The van der Waals surface area contributed by atoms with E-state index in [1.165, 1.54) is 11.3 Å². The summed E-state index contributed by atoms with van der Waals surface area (Å²) in [5.74, 6) is 0.716. The molecular formula is C18H15N3OS. The molecule has 4 rings (SSSR count). The summed E-state index contributed by atoms with van der Waals surface area (Å²) < 4.78 is 0.651. The van der Waals surface area contributed by atoms with Crippen molar-refractivity contribution in [3.8, 4) is 11.3 Å². The van der Waals surface area contributed by atoms with Gasteiger partial charge in [-0.2, -0.15) is 0 Å². The third-order valence-electron chi connectivity index (χ3n) is 3.95. The Labute approximate surface area is 136 Å². The highest BCUT2D eigenvalue weighted by Crippen LogP contribution is 2.34. The molecule has 0 radical (unpaired) electrons. The maximum atomic E-state index is 12.3. The molecule has 1 aromatic carbocycles. The van der Waals surface area contributed by atoms with Gasteiger partial charge >= 0.3 is 0 Å². The Balaban J connectivity index is 2.07. The minimum absolute atomic E-state index is 0.0736. The Bertz CT molecular complexity index is 1080. The van der Waals surface area contributed by atoms with E-state index in [2.05, 4.69) is 23.0 Å². The van der Waals surface area contributed by atoms with Gasteiger partial charge in [-0.15, -0.1) is 11.3 Å². The topological polar surface area (TPSA) is 58.6 Å². The van der Waals surface area contributed by atoms with E-state index < -0.39 is 0 Å². The zero-order chi connectivity index (χ0) is 16.0. The molecule has 3 heterocycles. The van der Waals surface area contributed by atoms with E-state index in [0.29, 0.717) is 16.9 Å². The zero-order valence-corrected chi connectivity index (χ0v) is 13.7. The number of benzene rings is 1. The van der Waals surface area contributed by atoms with E-state index >= 15 is 0 Å². The van der Waals surface area contributed by atoms with E-state index in [4.69, 9.17) is 4.98 Å². The van der Waals surface area contributed by atoms with Crippen LogP contribution in [0.4, 0.5) is 0 Å². The summed E-state index contributed by atoms with van der Waals surface area (Å²) in [6.45, 7) is 4.04. The first-order valence-corrected chi connectivity index (χ1v) is 8.37. The number of nitrogens with one attached hydrogen (secondary N) is 1. The van der Waals surface area contributed by atoms with Crippen LogP contribution in [0.3, 0.4) is 0 Å². The molecule has 0 atom stereocenters. The lowest BCUT2D eigenvalue weighted by Crippen LogP contribution is -2.09. The van der Waals surface area contributed by atoms with Crippen LogP contribution in [0.5, 0.6) is 0 Å². The van der Waals surface area contributed by atoms with E-state index in [1.807, 2.05) is 37.3 Å². The third kappa shape index (κ3) is 2.24. The minimum atomic E-state index is -0.0736. The van der Waals surface area contributed by atoms with Gasteiger partial charge in [0.15, 0.2) is 0 Å². The van der Waals surface area contributed by atoms with Crippen molar-refractivity contribution >= 4 is 31.8 Å². The molecule has 0 fully saturated rings. The molecule has 23 heavy (non-hydrogen) atoms. The molecule has 0 aliphatic carbocycles. The first kappa shape index (κ1) is 14.1. The fourth-order valence-electron chi connectivity index (χ4n) is 2.80. The average Bonchev–Trinajstić information content (AvgIpc) is 2.95. The standard InChI is InChI=1S/C18H15N3OS/c1-3-13-20-15-14-10(2)9-12(11-7-5-4-6-8-11)19-18(14)23-16(15)17(22)21-13/h4-9H,3H2,1-2H3,(H,20,21,22). The highest BCUT2D eigenvalue weighted by atomic mass is 32.1. The van der Waals surface area contributed by atoms with Gasteiger partial charge in [0.25, 0.3) is 5.56 Å². The summed E-state index contributed by atoms with van der Waals surface area (Å²) in [7, 11) is 0. The first-order chi connectivity index (χ1) is 11.2. The van der Waals surface area contributed by atoms with Crippen LogP contribution < -0.4 is 5.56 Å². The summed E-state index contributed by atoms with van der Waals surface area (Å²) in [6.07, 6.45) is 0.705. The molecule has 1 N–H and O–H groups in total. The smallest absolute Gasteiger partial charge is 0.268 e. The summed E-state index contributed by atoms with van der Waals surface area (Å²) >= 11 is 1.41. The van der Waals surface area contributed by atoms with E-state index in [-0.39, 0.29) is 5.56 Å². The number of fused-ring (bicyclic) bond motifs is 3. The summed E-state index contributed by atoms with van der Waals surface area (Å²) in [5, 5.41) is 0.991. The summed E-state index contributed by atoms with van der Waals surface area (Å²) in [6, 6.07) is 12.1. The van der Waals surface area contributed by atoms with Crippen molar-refractivity contribution < 1.29 is 0 Å². The fourth-order valence-corrected chi connectivity index (χ4v) is 3.88. The molecule has 4 nitrogen and oxygen atoms in total. The monoisotopic (exact) mass is 321 g/mol. The van der Waals surface area contributed by atoms with Crippen molar-refractivity contribution in [3.63, 3.8) is 0 Å². The van der Waals surface area contributed by atoms with Crippen molar-refractivity contribution in [2.24, 2.45) is 0 Å². The number of aromatic amines is 1. The van der Waals surface area contributed by atoms with Gasteiger partial charge in [-0.05, 0) is 18.6 Å². The fraction of sp³-hybridized carbons (Fsp3) is 0.167. The normalized spacial score (nSPS) is 11.4. The minimum Gasteiger partial charge on any atom is -0.309 e.